The average molecular weight is 337 g/mol. The zero-order valence-electron chi connectivity index (χ0n) is 14.8. The zero-order valence-corrected chi connectivity index (χ0v) is 14.8. The van der Waals surface area contributed by atoms with Crippen LogP contribution in [0.4, 0.5) is 0 Å². The Kier molecular flexibility index (Phi) is 5.87. The summed E-state index contributed by atoms with van der Waals surface area (Å²) in [5.74, 6) is 0.465. The van der Waals surface area contributed by atoms with Crippen LogP contribution in [0.1, 0.15) is 43.2 Å². The van der Waals surface area contributed by atoms with Gasteiger partial charge in [0.25, 0.3) is 0 Å². The molecular weight excluding hydrogens is 310 g/mol. The van der Waals surface area contributed by atoms with Crippen LogP contribution in [0.3, 0.4) is 0 Å². The number of hydrogen-bond acceptors (Lipinski definition) is 2. The van der Waals surface area contributed by atoms with E-state index in [2.05, 4.69) is 31.2 Å². The van der Waals surface area contributed by atoms with Gasteiger partial charge in [-0.05, 0) is 36.8 Å². The van der Waals surface area contributed by atoms with E-state index in [1.807, 2.05) is 41.3 Å². The number of benzene rings is 2. The van der Waals surface area contributed by atoms with Crippen molar-refractivity contribution in [3.05, 3.63) is 71.8 Å². The predicted molar refractivity (Wildman–Crippen MR) is 100 cm³/mol. The van der Waals surface area contributed by atoms with E-state index in [1.165, 1.54) is 11.1 Å². The van der Waals surface area contributed by atoms with Crippen molar-refractivity contribution in [2.24, 2.45) is 5.92 Å². The topological polar surface area (TPSA) is 40.5 Å². The molecule has 0 radical (unpaired) electrons. The second kappa shape index (κ2) is 8.30. The van der Waals surface area contributed by atoms with Gasteiger partial charge in [0.2, 0.25) is 5.91 Å². The molecule has 1 amide bonds. The fourth-order valence-electron chi connectivity index (χ4n) is 3.77. The molecule has 1 N–H and O–H groups in total. The van der Waals surface area contributed by atoms with Gasteiger partial charge in [0.15, 0.2) is 0 Å². The molecule has 1 fully saturated rings. The van der Waals surface area contributed by atoms with Crippen molar-refractivity contribution in [3.8, 4) is 0 Å². The number of hydrogen-bond donors (Lipinski definition) is 1. The van der Waals surface area contributed by atoms with Gasteiger partial charge in [-0.1, -0.05) is 60.7 Å². The minimum absolute atomic E-state index is 0.0663. The van der Waals surface area contributed by atoms with Crippen LogP contribution in [0, 0.1) is 5.92 Å². The summed E-state index contributed by atoms with van der Waals surface area (Å²) in [6.45, 7) is 2.95. The molecule has 3 rings (SSSR count). The normalized spacial score (nSPS) is 20.7. The molecule has 1 saturated heterocycles. The SMILES string of the molecule is CC1CCC(CO)CN1C(=O)CC(c1ccccc1)c1ccccc1. The molecule has 2 aromatic carbocycles. The van der Waals surface area contributed by atoms with Gasteiger partial charge in [-0.2, -0.15) is 0 Å². The van der Waals surface area contributed by atoms with Gasteiger partial charge in [-0.3, -0.25) is 4.79 Å². The largest absolute Gasteiger partial charge is 0.396 e. The highest BCUT2D eigenvalue weighted by Crippen LogP contribution is 2.30. The summed E-state index contributed by atoms with van der Waals surface area (Å²) in [5.41, 5.74) is 2.34. The summed E-state index contributed by atoms with van der Waals surface area (Å²) in [5, 5.41) is 9.48. The van der Waals surface area contributed by atoms with E-state index < -0.39 is 0 Å². The third-order valence-corrected chi connectivity index (χ3v) is 5.34. The molecule has 3 nitrogen and oxygen atoms in total. The van der Waals surface area contributed by atoms with E-state index in [-0.39, 0.29) is 30.4 Å². The maximum atomic E-state index is 13.1. The van der Waals surface area contributed by atoms with Crippen molar-refractivity contribution in [2.75, 3.05) is 13.2 Å². The van der Waals surface area contributed by atoms with Crippen molar-refractivity contribution in [3.63, 3.8) is 0 Å². The molecule has 3 heteroatoms. The Morgan fingerprint density at radius 3 is 2.12 bits per heavy atom. The lowest BCUT2D eigenvalue weighted by Gasteiger charge is -2.38. The van der Waals surface area contributed by atoms with Crippen molar-refractivity contribution in [1.82, 2.24) is 4.90 Å². The standard InChI is InChI=1S/C22H27NO2/c1-17-12-13-18(16-24)15-23(17)22(25)14-21(19-8-4-2-5-9-19)20-10-6-3-7-11-20/h2-11,17-18,21,24H,12-16H2,1H3. The number of piperidine rings is 1. The Balaban J connectivity index is 1.81. The summed E-state index contributed by atoms with van der Waals surface area (Å²) in [7, 11) is 0. The van der Waals surface area contributed by atoms with Crippen molar-refractivity contribution < 1.29 is 9.90 Å². The third kappa shape index (κ3) is 4.29. The maximum absolute atomic E-state index is 13.1. The minimum atomic E-state index is 0.0663. The van der Waals surface area contributed by atoms with E-state index >= 15 is 0 Å². The monoisotopic (exact) mass is 337 g/mol. The molecule has 0 saturated carbocycles. The van der Waals surface area contributed by atoms with E-state index in [1.54, 1.807) is 0 Å². The Morgan fingerprint density at radius 2 is 1.60 bits per heavy atom. The number of aliphatic hydroxyl groups is 1. The Hall–Kier alpha value is -2.13. The molecule has 2 atom stereocenters. The summed E-state index contributed by atoms with van der Waals surface area (Å²) in [6, 6.07) is 20.8. The summed E-state index contributed by atoms with van der Waals surface area (Å²) >= 11 is 0. The van der Waals surface area contributed by atoms with E-state index in [0.717, 1.165) is 12.8 Å². The number of amides is 1. The first-order valence-electron chi connectivity index (χ1n) is 9.19. The molecule has 0 bridgehead atoms. The van der Waals surface area contributed by atoms with Gasteiger partial charge in [-0.25, -0.2) is 0 Å². The van der Waals surface area contributed by atoms with Gasteiger partial charge in [0, 0.05) is 31.5 Å². The molecule has 2 unspecified atom stereocenters. The summed E-state index contributed by atoms with van der Waals surface area (Å²) in [4.78, 5) is 15.0. The van der Waals surface area contributed by atoms with Crippen molar-refractivity contribution in [2.45, 2.75) is 38.1 Å². The molecule has 2 aromatic rings. The van der Waals surface area contributed by atoms with Crippen LogP contribution in [-0.4, -0.2) is 35.1 Å². The van der Waals surface area contributed by atoms with Crippen LogP contribution in [0.2, 0.25) is 0 Å². The lowest BCUT2D eigenvalue weighted by molar-refractivity contribution is -0.136. The number of rotatable bonds is 5. The highest BCUT2D eigenvalue weighted by Gasteiger charge is 2.30. The molecular formula is C22H27NO2. The van der Waals surface area contributed by atoms with Gasteiger partial charge >= 0.3 is 0 Å². The van der Waals surface area contributed by atoms with Crippen molar-refractivity contribution >= 4 is 5.91 Å². The van der Waals surface area contributed by atoms with E-state index in [4.69, 9.17) is 0 Å². The van der Waals surface area contributed by atoms with Crippen LogP contribution in [0.15, 0.2) is 60.7 Å². The van der Waals surface area contributed by atoms with E-state index in [0.29, 0.717) is 13.0 Å². The molecule has 1 heterocycles. The fraction of sp³-hybridized carbons (Fsp3) is 0.409. The van der Waals surface area contributed by atoms with Gasteiger partial charge in [0.1, 0.15) is 0 Å². The lowest BCUT2D eigenvalue weighted by Crippen LogP contribution is -2.46. The lowest BCUT2D eigenvalue weighted by atomic mass is 9.87. The van der Waals surface area contributed by atoms with Gasteiger partial charge < -0.3 is 10.0 Å². The average Bonchev–Trinajstić information content (AvgIpc) is 2.67. The zero-order chi connectivity index (χ0) is 17.6. The fourth-order valence-corrected chi connectivity index (χ4v) is 3.77. The first-order chi connectivity index (χ1) is 12.2. The number of likely N-dealkylation sites (tertiary alicyclic amines) is 1. The first kappa shape index (κ1) is 17.7. The third-order valence-electron chi connectivity index (χ3n) is 5.34. The van der Waals surface area contributed by atoms with Crippen LogP contribution in [0.5, 0.6) is 0 Å². The van der Waals surface area contributed by atoms with Crippen LogP contribution >= 0.6 is 0 Å². The van der Waals surface area contributed by atoms with Crippen molar-refractivity contribution in [1.29, 1.82) is 0 Å². The number of aliphatic hydroxyl groups excluding tert-OH is 1. The number of carbonyl (C=O) groups excluding carboxylic acids is 1. The highest BCUT2D eigenvalue weighted by molar-refractivity contribution is 5.78. The predicted octanol–water partition coefficient (Wildman–Crippen LogP) is 3.83. The minimum Gasteiger partial charge on any atom is -0.396 e. The molecule has 1 aliphatic heterocycles. The second-order valence-electron chi connectivity index (χ2n) is 7.10. The number of nitrogens with zero attached hydrogens (tertiary/aromatic N) is 1. The van der Waals surface area contributed by atoms with Gasteiger partial charge in [0.05, 0.1) is 0 Å². The van der Waals surface area contributed by atoms with Gasteiger partial charge in [-0.15, -0.1) is 0 Å². The Labute approximate surface area is 150 Å². The molecule has 0 aliphatic carbocycles. The Bertz CT molecular complexity index is 631. The quantitative estimate of drug-likeness (QED) is 0.901. The molecule has 0 aromatic heterocycles. The van der Waals surface area contributed by atoms with E-state index in [9.17, 15) is 9.90 Å². The Morgan fingerprint density at radius 1 is 1.04 bits per heavy atom. The van der Waals surface area contributed by atoms with Crippen LogP contribution in [-0.2, 0) is 4.79 Å². The summed E-state index contributed by atoms with van der Waals surface area (Å²) in [6.07, 6.45) is 2.44. The maximum Gasteiger partial charge on any atom is 0.223 e. The second-order valence-corrected chi connectivity index (χ2v) is 7.10. The van der Waals surface area contributed by atoms with Crippen LogP contribution in [0.25, 0.3) is 0 Å². The number of carbonyl (C=O) groups is 1. The molecule has 0 spiro atoms. The molecule has 132 valence electrons. The highest BCUT2D eigenvalue weighted by atomic mass is 16.3. The summed E-state index contributed by atoms with van der Waals surface area (Å²) < 4.78 is 0. The molecule has 1 aliphatic rings. The molecule has 25 heavy (non-hydrogen) atoms. The van der Waals surface area contributed by atoms with Crippen LogP contribution < -0.4 is 0 Å². The smallest absolute Gasteiger partial charge is 0.223 e. The first-order valence-corrected chi connectivity index (χ1v) is 9.19.